The second kappa shape index (κ2) is 8.10. The SMILES string of the molecule is O=c1[nH]c(=O)n(C2CC(O)C(CO)O2)cc1C#CCCCP(=O)(O)O. The zero-order valence-electron chi connectivity index (χ0n) is 13.2. The summed E-state index contributed by atoms with van der Waals surface area (Å²) in [6, 6.07) is 0. The van der Waals surface area contributed by atoms with Gasteiger partial charge in [-0.2, -0.15) is 0 Å². The summed E-state index contributed by atoms with van der Waals surface area (Å²) in [5.74, 6) is 5.17. The molecule has 1 aliphatic rings. The maximum atomic E-state index is 11.9. The maximum absolute atomic E-state index is 11.9. The topological polar surface area (TPSA) is 162 Å². The number of rotatable bonds is 5. The fourth-order valence-corrected chi connectivity index (χ4v) is 2.94. The Kier molecular flexibility index (Phi) is 6.35. The van der Waals surface area contributed by atoms with E-state index in [1.807, 2.05) is 0 Å². The van der Waals surface area contributed by atoms with Gasteiger partial charge in [0, 0.05) is 19.0 Å². The summed E-state index contributed by atoms with van der Waals surface area (Å²) in [5.41, 5.74) is -1.44. The molecule has 1 aromatic heterocycles. The van der Waals surface area contributed by atoms with E-state index in [4.69, 9.17) is 19.6 Å². The van der Waals surface area contributed by atoms with Crippen LogP contribution in [0, 0.1) is 11.8 Å². The lowest BCUT2D eigenvalue weighted by atomic mass is 10.2. The van der Waals surface area contributed by atoms with Gasteiger partial charge in [-0.15, -0.1) is 0 Å². The van der Waals surface area contributed by atoms with E-state index in [1.54, 1.807) is 0 Å². The van der Waals surface area contributed by atoms with Crippen molar-refractivity contribution in [3.8, 4) is 11.8 Å². The van der Waals surface area contributed by atoms with Crippen LogP contribution in [0.15, 0.2) is 15.8 Å². The Hall–Kier alpha value is -1.73. The van der Waals surface area contributed by atoms with Gasteiger partial charge in [0.2, 0.25) is 0 Å². The minimum Gasteiger partial charge on any atom is -0.394 e. The predicted molar refractivity (Wildman–Crippen MR) is 86.0 cm³/mol. The summed E-state index contributed by atoms with van der Waals surface area (Å²) < 4.78 is 17.2. The minimum atomic E-state index is -4.07. The molecule has 3 atom stereocenters. The molecule has 138 valence electrons. The largest absolute Gasteiger partial charge is 0.394 e. The number of aromatic nitrogens is 2. The number of aromatic amines is 1. The predicted octanol–water partition coefficient (Wildman–Crippen LogP) is -1.51. The monoisotopic (exact) mass is 374 g/mol. The van der Waals surface area contributed by atoms with Crippen molar-refractivity contribution in [3.63, 3.8) is 0 Å². The number of aliphatic hydroxyl groups excluding tert-OH is 2. The molecule has 0 saturated carbocycles. The zero-order valence-corrected chi connectivity index (χ0v) is 14.1. The maximum Gasteiger partial charge on any atom is 0.330 e. The Bertz CT molecular complexity index is 830. The molecule has 2 rings (SSSR count). The highest BCUT2D eigenvalue weighted by Crippen LogP contribution is 2.35. The molecule has 0 spiro atoms. The van der Waals surface area contributed by atoms with Crippen LogP contribution >= 0.6 is 7.60 Å². The Morgan fingerprint density at radius 2 is 2.12 bits per heavy atom. The molecule has 1 aliphatic heterocycles. The van der Waals surface area contributed by atoms with Crippen molar-refractivity contribution in [1.29, 1.82) is 0 Å². The summed E-state index contributed by atoms with van der Waals surface area (Å²) in [6.07, 6.45) is -1.26. The van der Waals surface area contributed by atoms with Crippen LogP contribution in [-0.4, -0.2) is 54.5 Å². The van der Waals surface area contributed by atoms with Crippen LogP contribution in [0.4, 0.5) is 0 Å². The third kappa shape index (κ3) is 5.37. The summed E-state index contributed by atoms with van der Waals surface area (Å²) in [5, 5.41) is 18.8. The molecule has 5 N–H and O–H groups in total. The molecule has 3 unspecified atom stereocenters. The number of hydrogen-bond donors (Lipinski definition) is 5. The Morgan fingerprint density at radius 1 is 1.40 bits per heavy atom. The Morgan fingerprint density at radius 3 is 2.72 bits per heavy atom. The summed E-state index contributed by atoms with van der Waals surface area (Å²) in [7, 11) is -4.07. The molecule has 0 amide bonds. The van der Waals surface area contributed by atoms with Crippen LogP contribution in [0.5, 0.6) is 0 Å². The summed E-state index contributed by atoms with van der Waals surface area (Å²) >= 11 is 0. The van der Waals surface area contributed by atoms with Gasteiger partial charge in [0.1, 0.15) is 17.9 Å². The molecule has 0 radical (unpaired) electrons. The quantitative estimate of drug-likeness (QED) is 0.236. The van der Waals surface area contributed by atoms with Gasteiger partial charge in [-0.25, -0.2) is 4.79 Å². The van der Waals surface area contributed by atoms with Crippen molar-refractivity contribution < 1.29 is 29.3 Å². The van der Waals surface area contributed by atoms with E-state index < -0.39 is 43.9 Å². The minimum absolute atomic E-state index is 0.0127. The van der Waals surface area contributed by atoms with Crippen molar-refractivity contribution >= 4 is 7.60 Å². The number of nitrogens with one attached hydrogen (secondary N) is 1. The lowest BCUT2D eigenvalue weighted by Crippen LogP contribution is -2.33. The second-order valence-corrected chi connectivity index (χ2v) is 7.39. The summed E-state index contributed by atoms with van der Waals surface area (Å²) in [4.78, 5) is 43.3. The van der Waals surface area contributed by atoms with Crippen molar-refractivity contribution in [2.75, 3.05) is 12.8 Å². The van der Waals surface area contributed by atoms with Crippen LogP contribution in [0.3, 0.4) is 0 Å². The van der Waals surface area contributed by atoms with Gasteiger partial charge in [0.05, 0.1) is 18.9 Å². The van der Waals surface area contributed by atoms with Gasteiger partial charge < -0.3 is 24.7 Å². The van der Waals surface area contributed by atoms with Crippen molar-refractivity contribution in [2.45, 2.75) is 37.7 Å². The van der Waals surface area contributed by atoms with E-state index in [-0.39, 0.29) is 31.0 Å². The second-order valence-electron chi connectivity index (χ2n) is 5.62. The van der Waals surface area contributed by atoms with Gasteiger partial charge >= 0.3 is 13.3 Å². The molecule has 25 heavy (non-hydrogen) atoms. The van der Waals surface area contributed by atoms with Crippen LogP contribution < -0.4 is 11.2 Å². The molecule has 2 heterocycles. The average Bonchev–Trinajstić information content (AvgIpc) is 2.88. The molecule has 1 aromatic rings. The summed E-state index contributed by atoms with van der Waals surface area (Å²) in [6.45, 7) is -0.401. The van der Waals surface area contributed by atoms with E-state index >= 15 is 0 Å². The standard InChI is InChI=1S/C14H19N2O8P/c17-8-11-10(18)6-12(24-11)16-7-9(13(19)15-14(16)20)4-2-1-3-5-25(21,22)23/h7,10-12,17-18H,1,3,5-6,8H2,(H,15,19,20)(H2,21,22,23). The first-order valence-electron chi connectivity index (χ1n) is 7.54. The molecule has 11 heteroatoms. The molecular weight excluding hydrogens is 355 g/mol. The number of H-pyrrole nitrogens is 1. The number of unbranched alkanes of at least 4 members (excludes halogenated alkanes) is 1. The lowest BCUT2D eigenvalue weighted by Gasteiger charge is -2.14. The molecule has 0 bridgehead atoms. The van der Waals surface area contributed by atoms with E-state index in [1.165, 1.54) is 6.20 Å². The van der Waals surface area contributed by atoms with Gasteiger partial charge in [-0.1, -0.05) is 11.8 Å². The Balaban J connectivity index is 2.15. The van der Waals surface area contributed by atoms with E-state index in [0.717, 1.165) is 4.57 Å². The molecule has 0 aromatic carbocycles. The number of hydrogen-bond acceptors (Lipinski definition) is 6. The molecule has 1 fully saturated rings. The Labute approximate surface area is 142 Å². The molecular formula is C14H19N2O8P. The van der Waals surface area contributed by atoms with E-state index in [2.05, 4.69) is 16.8 Å². The van der Waals surface area contributed by atoms with Gasteiger partial charge in [-0.3, -0.25) is 18.9 Å². The number of ether oxygens (including phenoxy) is 1. The third-order valence-electron chi connectivity index (χ3n) is 3.64. The van der Waals surface area contributed by atoms with Gasteiger partial charge in [-0.05, 0) is 6.42 Å². The molecule has 1 saturated heterocycles. The first kappa shape index (κ1) is 19.6. The lowest BCUT2D eigenvalue weighted by molar-refractivity contribution is -0.0459. The van der Waals surface area contributed by atoms with E-state index in [0.29, 0.717) is 0 Å². The number of aliphatic hydroxyl groups is 2. The van der Waals surface area contributed by atoms with Crippen molar-refractivity contribution in [3.05, 3.63) is 32.6 Å². The number of nitrogens with zero attached hydrogens (tertiary/aromatic N) is 1. The third-order valence-corrected chi connectivity index (χ3v) is 4.54. The van der Waals surface area contributed by atoms with Gasteiger partial charge in [0.15, 0.2) is 0 Å². The highest BCUT2D eigenvalue weighted by Gasteiger charge is 2.35. The smallest absolute Gasteiger partial charge is 0.330 e. The first-order valence-corrected chi connectivity index (χ1v) is 9.34. The first-order chi connectivity index (χ1) is 11.7. The zero-order chi connectivity index (χ0) is 18.6. The average molecular weight is 374 g/mol. The van der Waals surface area contributed by atoms with Crippen LogP contribution in [0.2, 0.25) is 0 Å². The van der Waals surface area contributed by atoms with Crippen molar-refractivity contribution in [2.24, 2.45) is 0 Å². The van der Waals surface area contributed by atoms with Crippen LogP contribution in [0.25, 0.3) is 0 Å². The van der Waals surface area contributed by atoms with Gasteiger partial charge in [0.25, 0.3) is 5.56 Å². The molecule has 0 aliphatic carbocycles. The highest BCUT2D eigenvalue weighted by molar-refractivity contribution is 7.51. The van der Waals surface area contributed by atoms with E-state index in [9.17, 15) is 19.3 Å². The van der Waals surface area contributed by atoms with Crippen molar-refractivity contribution in [1.82, 2.24) is 9.55 Å². The molecule has 10 nitrogen and oxygen atoms in total. The van der Waals surface area contributed by atoms with Crippen LogP contribution in [-0.2, 0) is 9.30 Å². The fraction of sp³-hybridized carbons (Fsp3) is 0.571. The van der Waals surface area contributed by atoms with Crippen LogP contribution in [0.1, 0.15) is 31.1 Å². The highest BCUT2D eigenvalue weighted by atomic mass is 31.2. The fourth-order valence-electron chi connectivity index (χ4n) is 2.37. The normalized spacial score (nSPS) is 23.3.